The lowest BCUT2D eigenvalue weighted by Gasteiger charge is -2.14. The average molecular weight is 455 g/mol. The molecule has 1 atom stereocenters. The second-order valence-corrected chi connectivity index (χ2v) is 7.03. The number of aromatic amines is 1. The molecule has 172 valence electrons. The van der Waals surface area contributed by atoms with E-state index < -0.39 is 29.4 Å². The van der Waals surface area contributed by atoms with Gasteiger partial charge in [0.05, 0.1) is 12.2 Å². The van der Waals surface area contributed by atoms with E-state index in [2.05, 4.69) is 30.6 Å². The first-order valence-electron chi connectivity index (χ1n) is 9.87. The molecule has 3 rings (SSSR count). The molecule has 2 heterocycles. The van der Waals surface area contributed by atoms with Crippen molar-refractivity contribution in [2.24, 2.45) is 0 Å². The molecule has 13 nitrogen and oxygen atoms in total. The molecule has 13 heteroatoms. The first-order valence-corrected chi connectivity index (χ1v) is 9.87. The van der Waals surface area contributed by atoms with Crippen molar-refractivity contribution in [3.63, 3.8) is 0 Å². The Hall–Kier alpha value is -4.55. The molecule has 7 N–H and O–H groups in total. The summed E-state index contributed by atoms with van der Waals surface area (Å²) in [5, 5.41) is 24.0. The third-order valence-electron chi connectivity index (χ3n) is 4.62. The van der Waals surface area contributed by atoms with Crippen LogP contribution in [0, 0.1) is 0 Å². The van der Waals surface area contributed by atoms with Gasteiger partial charge in [0.2, 0.25) is 5.95 Å². The Labute approximate surface area is 186 Å². The van der Waals surface area contributed by atoms with E-state index in [1.807, 2.05) is 6.92 Å². The van der Waals surface area contributed by atoms with Crippen molar-refractivity contribution in [2.45, 2.75) is 32.4 Å². The molecule has 0 aliphatic carbocycles. The summed E-state index contributed by atoms with van der Waals surface area (Å²) in [6, 6.07) is 5.13. The molecule has 0 spiro atoms. The summed E-state index contributed by atoms with van der Waals surface area (Å²) < 4.78 is 0. The highest BCUT2D eigenvalue weighted by molar-refractivity contribution is 5.96. The minimum atomic E-state index is -1.35. The van der Waals surface area contributed by atoms with Crippen LogP contribution in [0.2, 0.25) is 0 Å². The summed E-state index contributed by atoms with van der Waals surface area (Å²) in [6.45, 7) is 1.73. The molecule has 0 aliphatic rings. The third kappa shape index (κ3) is 5.39. The van der Waals surface area contributed by atoms with Crippen molar-refractivity contribution in [1.82, 2.24) is 25.3 Å². The number of nitrogen functional groups attached to an aromatic ring is 1. The van der Waals surface area contributed by atoms with Crippen molar-refractivity contribution in [3.05, 3.63) is 51.6 Å². The lowest BCUT2D eigenvalue weighted by Crippen LogP contribution is -2.40. The van der Waals surface area contributed by atoms with E-state index in [9.17, 15) is 29.4 Å². The third-order valence-corrected chi connectivity index (χ3v) is 4.62. The van der Waals surface area contributed by atoms with Crippen LogP contribution in [0.15, 0.2) is 29.1 Å². The van der Waals surface area contributed by atoms with E-state index in [0.717, 1.165) is 0 Å². The SMILES string of the molecule is CCCC(NC(=O)c1ccc(NCc2nc3c(=O)[nH]c(N)nc3nc2C(=O)O)cc1)C(=O)O. The predicted molar refractivity (Wildman–Crippen MR) is 117 cm³/mol. The minimum Gasteiger partial charge on any atom is -0.480 e. The van der Waals surface area contributed by atoms with Crippen LogP contribution in [0.4, 0.5) is 11.6 Å². The highest BCUT2D eigenvalue weighted by atomic mass is 16.4. The molecule has 1 amide bonds. The molecule has 3 aromatic rings. The summed E-state index contributed by atoms with van der Waals surface area (Å²) in [6.07, 6.45) is 0.912. The number of aliphatic carboxylic acids is 1. The number of carboxylic acid groups (broad SMARTS) is 2. The van der Waals surface area contributed by atoms with E-state index in [4.69, 9.17) is 5.73 Å². The van der Waals surface area contributed by atoms with Crippen LogP contribution in [0.1, 0.15) is 46.3 Å². The zero-order valence-corrected chi connectivity index (χ0v) is 17.5. The standard InChI is InChI=1S/C20H21N7O6/c1-2-3-11(18(30)31)24-16(28)9-4-6-10(7-5-9)22-8-12-13(19(32)33)25-15-14(23-12)17(29)27-20(21)26-15/h4-7,11,22H,2-3,8H2,1H3,(H,24,28)(H,30,31)(H,32,33)(H3,21,25,26,27,29). The number of hydrogen-bond donors (Lipinski definition) is 6. The fraction of sp³-hybridized carbons (Fsp3) is 0.250. The molecule has 33 heavy (non-hydrogen) atoms. The van der Waals surface area contributed by atoms with Crippen molar-refractivity contribution < 1.29 is 24.6 Å². The molecule has 0 saturated heterocycles. The van der Waals surface area contributed by atoms with E-state index >= 15 is 0 Å². The van der Waals surface area contributed by atoms with Crippen molar-refractivity contribution in [3.8, 4) is 0 Å². The Morgan fingerprint density at radius 2 is 1.82 bits per heavy atom. The Kier molecular flexibility index (Phi) is 6.81. The number of H-pyrrole nitrogens is 1. The number of aromatic nitrogens is 4. The summed E-state index contributed by atoms with van der Waals surface area (Å²) in [5.41, 5.74) is 4.86. The maximum atomic E-state index is 12.3. The molecule has 1 unspecified atom stereocenters. The molecule has 0 saturated carbocycles. The summed E-state index contributed by atoms with van der Waals surface area (Å²) in [7, 11) is 0. The van der Waals surface area contributed by atoms with Crippen LogP contribution in [0.3, 0.4) is 0 Å². The van der Waals surface area contributed by atoms with Crippen molar-refractivity contribution in [1.29, 1.82) is 0 Å². The van der Waals surface area contributed by atoms with Gasteiger partial charge in [-0.25, -0.2) is 19.6 Å². The number of fused-ring (bicyclic) bond motifs is 1. The van der Waals surface area contributed by atoms with Crippen LogP contribution in [-0.2, 0) is 11.3 Å². The lowest BCUT2D eigenvalue weighted by molar-refractivity contribution is -0.139. The molecule has 2 aromatic heterocycles. The zero-order valence-electron chi connectivity index (χ0n) is 17.5. The van der Waals surface area contributed by atoms with Gasteiger partial charge in [-0.15, -0.1) is 0 Å². The van der Waals surface area contributed by atoms with E-state index in [0.29, 0.717) is 18.5 Å². The van der Waals surface area contributed by atoms with Gasteiger partial charge < -0.3 is 26.6 Å². The van der Waals surface area contributed by atoms with Gasteiger partial charge in [-0.3, -0.25) is 14.6 Å². The largest absolute Gasteiger partial charge is 0.480 e. The molecule has 0 radical (unpaired) electrons. The fourth-order valence-corrected chi connectivity index (χ4v) is 3.02. The van der Waals surface area contributed by atoms with Crippen LogP contribution in [0.5, 0.6) is 0 Å². The number of carboxylic acids is 2. The molecule has 0 aliphatic heterocycles. The van der Waals surface area contributed by atoms with Crippen LogP contribution in [0.25, 0.3) is 11.2 Å². The Balaban J connectivity index is 1.77. The van der Waals surface area contributed by atoms with Gasteiger partial charge >= 0.3 is 11.9 Å². The van der Waals surface area contributed by atoms with Crippen LogP contribution < -0.4 is 21.9 Å². The number of carbonyl (C=O) groups is 3. The Bertz CT molecular complexity index is 1270. The Morgan fingerprint density at radius 3 is 2.42 bits per heavy atom. The molecule has 0 fully saturated rings. The number of nitrogens with zero attached hydrogens (tertiary/aromatic N) is 3. The first kappa shape index (κ1) is 23.1. The van der Waals surface area contributed by atoms with Gasteiger partial charge in [-0.05, 0) is 30.7 Å². The highest BCUT2D eigenvalue weighted by Gasteiger charge is 2.20. The lowest BCUT2D eigenvalue weighted by atomic mass is 10.1. The topological polar surface area (TPSA) is 213 Å². The number of aromatic carboxylic acids is 1. The van der Waals surface area contributed by atoms with E-state index in [1.165, 1.54) is 12.1 Å². The molecular formula is C20H21N7O6. The second kappa shape index (κ2) is 9.72. The first-order chi connectivity index (χ1) is 15.7. The minimum absolute atomic E-state index is 0.00208. The second-order valence-electron chi connectivity index (χ2n) is 7.03. The monoisotopic (exact) mass is 455 g/mol. The van der Waals surface area contributed by atoms with Crippen LogP contribution >= 0.6 is 0 Å². The van der Waals surface area contributed by atoms with Gasteiger partial charge in [0, 0.05) is 11.3 Å². The highest BCUT2D eigenvalue weighted by Crippen LogP contribution is 2.14. The molecule has 1 aromatic carbocycles. The normalized spacial score (nSPS) is 11.7. The van der Waals surface area contributed by atoms with Gasteiger partial charge in [-0.1, -0.05) is 13.3 Å². The predicted octanol–water partition coefficient (Wildman–Crippen LogP) is 0.589. The number of anilines is 2. The number of nitrogens with two attached hydrogens (primary N) is 1. The van der Waals surface area contributed by atoms with Gasteiger partial charge in [0.1, 0.15) is 6.04 Å². The van der Waals surface area contributed by atoms with E-state index in [-0.39, 0.29) is 40.6 Å². The number of nitrogens with one attached hydrogen (secondary N) is 3. The quantitative estimate of drug-likeness (QED) is 0.262. The van der Waals surface area contributed by atoms with Gasteiger partial charge in [0.25, 0.3) is 11.5 Å². The van der Waals surface area contributed by atoms with Crippen molar-refractivity contribution >= 4 is 40.6 Å². The van der Waals surface area contributed by atoms with Crippen LogP contribution in [-0.4, -0.2) is 54.0 Å². The molecular weight excluding hydrogens is 434 g/mol. The summed E-state index contributed by atoms with van der Waals surface area (Å²) >= 11 is 0. The molecule has 0 bridgehead atoms. The maximum Gasteiger partial charge on any atom is 0.356 e. The zero-order chi connectivity index (χ0) is 24.1. The van der Waals surface area contributed by atoms with E-state index in [1.54, 1.807) is 12.1 Å². The van der Waals surface area contributed by atoms with Gasteiger partial charge in [-0.2, -0.15) is 4.98 Å². The number of carbonyl (C=O) groups excluding carboxylic acids is 1. The van der Waals surface area contributed by atoms with Gasteiger partial charge in [0.15, 0.2) is 16.9 Å². The average Bonchev–Trinajstić information content (AvgIpc) is 2.77. The Morgan fingerprint density at radius 1 is 1.12 bits per heavy atom. The number of hydrogen-bond acceptors (Lipinski definition) is 9. The number of benzene rings is 1. The number of rotatable bonds is 9. The maximum absolute atomic E-state index is 12.3. The smallest absolute Gasteiger partial charge is 0.356 e. The van der Waals surface area contributed by atoms with Crippen molar-refractivity contribution in [2.75, 3.05) is 11.1 Å². The summed E-state index contributed by atoms with van der Waals surface area (Å²) in [4.78, 5) is 61.2. The summed E-state index contributed by atoms with van der Waals surface area (Å²) in [5.74, 6) is -3.20. The fourth-order valence-electron chi connectivity index (χ4n) is 3.02. The number of amides is 1.